The smallest absolute Gasteiger partial charge is 0.259 e. The highest BCUT2D eigenvalue weighted by Crippen LogP contribution is 2.40. The molecule has 0 saturated carbocycles. The van der Waals surface area contributed by atoms with Crippen molar-refractivity contribution in [3.05, 3.63) is 46.3 Å². The highest BCUT2D eigenvalue weighted by molar-refractivity contribution is 7.16. The van der Waals surface area contributed by atoms with Gasteiger partial charge in [0.15, 0.2) is 6.61 Å². The number of nitrogens with one attached hydrogen (secondary N) is 2. The van der Waals surface area contributed by atoms with Crippen LogP contribution in [0.3, 0.4) is 0 Å². The summed E-state index contributed by atoms with van der Waals surface area (Å²) in [5.74, 6) is 0.112. The van der Waals surface area contributed by atoms with Crippen molar-refractivity contribution >= 4 is 57.0 Å². The lowest BCUT2D eigenvalue weighted by molar-refractivity contribution is -0.123. The van der Waals surface area contributed by atoms with E-state index in [2.05, 4.69) is 16.7 Å². The Hall–Kier alpha value is -1.65. The van der Waals surface area contributed by atoms with E-state index < -0.39 is 15.9 Å². The number of hydrogen-bond acceptors (Lipinski definition) is 5. The van der Waals surface area contributed by atoms with Crippen LogP contribution in [0.25, 0.3) is 0 Å². The molecule has 0 fully saturated rings. The molecule has 1 aliphatic carbocycles. The quantitative estimate of drug-likeness (QED) is 0.481. The maximum atomic E-state index is 12.3. The van der Waals surface area contributed by atoms with Crippen molar-refractivity contribution in [2.24, 2.45) is 0 Å². The van der Waals surface area contributed by atoms with E-state index in [1.54, 1.807) is 24.3 Å². The van der Waals surface area contributed by atoms with Crippen LogP contribution in [-0.4, -0.2) is 22.5 Å². The summed E-state index contributed by atoms with van der Waals surface area (Å²) in [6.07, 6.45) is 2.94. The van der Waals surface area contributed by atoms with Gasteiger partial charge in [0.1, 0.15) is 23.0 Å². The zero-order chi connectivity index (χ0) is 20.1. The van der Waals surface area contributed by atoms with Crippen molar-refractivity contribution in [3.8, 4) is 11.8 Å². The summed E-state index contributed by atoms with van der Waals surface area (Å²) in [5, 5.41) is 15.9. The standard InChI is InChI=1S/C19H18Cl3N3O2S/c20-19(21,22)18(24-16(26)11-27-12-6-2-1-3-7-12)25-17-14(10-23)13-8-4-5-9-15(13)28-17/h1-3,6-7,18,25H,4-5,8-9,11H2,(H,24,26)/t18-/m1/s1. The lowest BCUT2D eigenvalue weighted by Crippen LogP contribution is -2.50. The molecule has 1 heterocycles. The minimum absolute atomic E-state index is 0.227. The first-order chi connectivity index (χ1) is 13.4. The number of amides is 1. The summed E-state index contributed by atoms with van der Waals surface area (Å²) in [6.45, 7) is -0.227. The summed E-state index contributed by atoms with van der Waals surface area (Å²) >= 11 is 19.7. The molecule has 0 aliphatic heterocycles. The third-order valence-electron chi connectivity index (χ3n) is 4.30. The molecule has 1 aromatic carbocycles. The molecule has 2 aromatic rings. The fourth-order valence-electron chi connectivity index (χ4n) is 2.98. The van der Waals surface area contributed by atoms with E-state index in [1.165, 1.54) is 16.2 Å². The van der Waals surface area contributed by atoms with Crippen LogP contribution < -0.4 is 15.4 Å². The van der Waals surface area contributed by atoms with E-state index in [1.807, 2.05) is 6.07 Å². The second-order valence-corrected chi connectivity index (χ2v) is 9.79. The van der Waals surface area contributed by atoms with Crippen molar-refractivity contribution in [1.82, 2.24) is 5.32 Å². The van der Waals surface area contributed by atoms with Gasteiger partial charge in [0.05, 0.1) is 5.56 Å². The van der Waals surface area contributed by atoms with E-state index in [0.717, 1.165) is 31.2 Å². The van der Waals surface area contributed by atoms with Crippen LogP contribution in [0.5, 0.6) is 5.75 Å². The molecule has 0 radical (unpaired) electrons. The number of hydrogen-bond donors (Lipinski definition) is 2. The fourth-order valence-corrected chi connectivity index (χ4v) is 4.58. The Morgan fingerprint density at radius 3 is 2.64 bits per heavy atom. The van der Waals surface area contributed by atoms with Gasteiger partial charge in [-0.3, -0.25) is 4.79 Å². The SMILES string of the molecule is N#Cc1c(N[C@@H](NC(=O)COc2ccccc2)C(Cl)(Cl)Cl)sc2c1CCCC2. The number of aryl methyl sites for hydroxylation is 1. The van der Waals surface area contributed by atoms with Crippen LogP contribution in [0.4, 0.5) is 5.00 Å². The van der Waals surface area contributed by atoms with E-state index in [9.17, 15) is 10.1 Å². The van der Waals surface area contributed by atoms with Gasteiger partial charge in [0.25, 0.3) is 5.91 Å². The number of halogens is 3. The number of nitrogens with zero attached hydrogens (tertiary/aromatic N) is 1. The van der Waals surface area contributed by atoms with Crippen LogP contribution in [0.1, 0.15) is 28.8 Å². The molecule has 0 spiro atoms. The molecule has 0 bridgehead atoms. The number of rotatable bonds is 6. The molecule has 2 N–H and O–H groups in total. The van der Waals surface area contributed by atoms with Gasteiger partial charge >= 0.3 is 0 Å². The predicted molar refractivity (Wildman–Crippen MR) is 113 cm³/mol. The monoisotopic (exact) mass is 457 g/mol. The number of carbonyl (C=O) groups is 1. The molecular formula is C19H18Cl3N3O2S. The number of fused-ring (bicyclic) bond motifs is 1. The van der Waals surface area contributed by atoms with Crippen LogP contribution in [-0.2, 0) is 17.6 Å². The lowest BCUT2D eigenvalue weighted by atomic mass is 9.96. The minimum Gasteiger partial charge on any atom is -0.484 e. The molecule has 28 heavy (non-hydrogen) atoms. The van der Waals surface area contributed by atoms with Crippen LogP contribution in [0.2, 0.25) is 0 Å². The summed E-state index contributed by atoms with van der Waals surface area (Å²) in [6, 6.07) is 11.2. The fraction of sp³-hybridized carbons (Fsp3) is 0.368. The third kappa shape index (κ3) is 5.24. The molecule has 3 rings (SSSR count). The Labute approximate surface area is 182 Å². The number of nitriles is 1. The van der Waals surface area contributed by atoms with E-state index in [4.69, 9.17) is 39.5 Å². The summed E-state index contributed by atoms with van der Waals surface area (Å²) in [4.78, 5) is 13.5. The van der Waals surface area contributed by atoms with E-state index in [0.29, 0.717) is 16.3 Å². The average Bonchev–Trinajstić information content (AvgIpc) is 3.03. The molecule has 1 amide bonds. The molecule has 0 saturated heterocycles. The zero-order valence-electron chi connectivity index (χ0n) is 14.8. The van der Waals surface area contributed by atoms with Crippen molar-refractivity contribution < 1.29 is 9.53 Å². The average molecular weight is 459 g/mol. The van der Waals surface area contributed by atoms with Crippen LogP contribution in [0.15, 0.2) is 30.3 Å². The van der Waals surface area contributed by atoms with Crippen LogP contribution >= 0.6 is 46.1 Å². The Morgan fingerprint density at radius 1 is 1.25 bits per heavy atom. The molecule has 1 atom stereocenters. The lowest BCUT2D eigenvalue weighted by Gasteiger charge is -2.27. The molecular weight excluding hydrogens is 441 g/mol. The molecule has 1 aliphatic rings. The van der Waals surface area contributed by atoms with Crippen molar-refractivity contribution in [2.45, 2.75) is 35.6 Å². The van der Waals surface area contributed by atoms with Crippen molar-refractivity contribution in [3.63, 3.8) is 0 Å². The summed E-state index contributed by atoms with van der Waals surface area (Å²) in [5.41, 5.74) is 1.62. The number of ether oxygens (including phenoxy) is 1. The molecule has 148 valence electrons. The topological polar surface area (TPSA) is 74.2 Å². The normalized spacial score (nSPS) is 14.5. The van der Waals surface area contributed by atoms with Gasteiger partial charge in [-0.1, -0.05) is 53.0 Å². The number of anilines is 1. The molecule has 0 unspecified atom stereocenters. The third-order valence-corrected chi connectivity index (χ3v) is 6.18. The number of alkyl halides is 3. The predicted octanol–water partition coefficient (Wildman–Crippen LogP) is 4.80. The largest absolute Gasteiger partial charge is 0.484 e. The van der Waals surface area contributed by atoms with Gasteiger partial charge in [-0.25, -0.2) is 0 Å². The van der Waals surface area contributed by atoms with Crippen molar-refractivity contribution in [2.75, 3.05) is 11.9 Å². The van der Waals surface area contributed by atoms with Gasteiger partial charge < -0.3 is 15.4 Å². The zero-order valence-corrected chi connectivity index (χ0v) is 17.9. The highest BCUT2D eigenvalue weighted by atomic mass is 35.6. The molecule has 1 aromatic heterocycles. The Bertz CT molecular complexity index is 875. The minimum atomic E-state index is -1.82. The first-order valence-corrected chi connectivity index (χ1v) is 10.7. The first kappa shape index (κ1) is 21.1. The van der Waals surface area contributed by atoms with Gasteiger partial charge in [0.2, 0.25) is 3.79 Å². The number of carbonyl (C=O) groups excluding carboxylic acids is 1. The molecule has 5 nitrogen and oxygen atoms in total. The number of para-hydroxylation sites is 1. The van der Waals surface area contributed by atoms with E-state index >= 15 is 0 Å². The second kappa shape index (κ2) is 9.23. The Kier molecular flexibility index (Phi) is 6.95. The Balaban J connectivity index is 1.70. The summed E-state index contributed by atoms with van der Waals surface area (Å²) in [7, 11) is 0. The van der Waals surface area contributed by atoms with Crippen molar-refractivity contribution in [1.29, 1.82) is 5.26 Å². The molecule has 9 heteroatoms. The summed E-state index contributed by atoms with van der Waals surface area (Å²) < 4.78 is 3.60. The Morgan fingerprint density at radius 2 is 1.96 bits per heavy atom. The van der Waals surface area contributed by atoms with Gasteiger partial charge in [-0.15, -0.1) is 11.3 Å². The second-order valence-electron chi connectivity index (χ2n) is 6.32. The van der Waals surface area contributed by atoms with Crippen LogP contribution in [0, 0.1) is 11.3 Å². The maximum absolute atomic E-state index is 12.3. The van der Waals surface area contributed by atoms with E-state index in [-0.39, 0.29) is 6.61 Å². The van der Waals surface area contributed by atoms with Gasteiger partial charge in [-0.05, 0) is 43.4 Å². The number of thiophene rings is 1. The number of benzene rings is 1. The van der Waals surface area contributed by atoms with Gasteiger partial charge in [0, 0.05) is 4.88 Å². The van der Waals surface area contributed by atoms with Gasteiger partial charge in [-0.2, -0.15) is 5.26 Å². The first-order valence-electron chi connectivity index (χ1n) is 8.73. The maximum Gasteiger partial charge on any atom is 0.259 e. The highest BCUT2D eigenvalue weighted by Gasteiger charge is 2.35.